The van der Waals surface area contributed by atoms with Crippen molar-refractivity contribution in [2.24, 2.45) is 0 Å². The highest BCUT2D eigenvalue weighted by molar-refractivity contribution is 6.04. The number of hydrogen-bond acceptors (Lipinski definition) is 5. The lowest BCUT2D eigenvalue weighted by atomic mass is 10.1. The van der Waals surface area contributed by atoms with Gasteiger partial charge < -0.3 is 14.8 Å². The zero-order valence-corrected chi connectivity index (χ0v) is 14.0. The summed E-state index contributed by atoms with van der Waals surface area (Å²) in [5.74, 6) is 0.170. The zero-order valence-electron chi connectivity index (χ0n) is 14.0. The number of Topliss-reactive ketones (excluding diaryl/α,β-unsaturated/α-hetero) is 1. The van der Waals surface area contributed by atoms with E-state index < -0.39 is 0 Å². The van der Waals surface area contributed by atoms with Gasteiger partial charge in [0.2, 0.25) is 5.88 Å². The van der Waals surface area contributed by atoms with E-state index in [1.807, 2.05) is 0 Å². The molecule has 0 radical (unpaired) electrons. The lowest BCUT2D eigenvalue weighted by Gasteiger charge is -2.22. The molecule has 1 amide bonds. The number of rotatable bonds is 5. The quantitative estimate of drug-likeness (QED) is 0.846. The van der Waals surface area contributed by atoms with Crippen molar-refractivity contribution < 1.29 is 19.1 Å². The molecule has 1 aliphatic rings. The van der Waals surface area contributed by atoms with Gasteiger partial charge in [-0.05, 0) is 37.3 Å². The Labute approximate surface area is 146 Å². The monoisotopic (exact) mass is 340 g/mol. The Balaban J connectivity index is 1.65. The topological polar surface area (TPSA) is 77.5 Å². The summed E-state index contributed by atoms with van der Waals surface area (Å²) >= 11 is 0. The highest BCUT2D eigenvalue weighted by atomic mass is 16.5. The first kappa shape index (κ1) is 17.1. The first-order chi connectivity index (χ1) is 12.1. The highest BCUT2D eigenvalue weighted by Gasteiger charge is 2.16. The average Bonchev–Trinajstić information content (AvgIpc) is 2.63. The van der Waals surface area contributed by atoms with Gasteiger partial charge in [-0.3, -0.25) is 9.59 Å². The number of ketones is 1. The Bertz CT molecular complexity index is 752. The molecule has 3 rings (SSSR count). The molecule has 0 bridgehead atoms. The van der Waals surface area contributed by atoms with E-state index in [0.717, 1.165) is 12.8 Å². The molecule has 25 heavy (non-hydrogen) atoms. The molecule has 6 heteroatoms. The van der Waals surface area contributed by atoms with Crippen LogP contribution in [0.1, 0.15) is 40.5 Å². The summed E-state index contributed by atoms with van der Waals surface area (Å²) in [4.78, 5) is 27.9. The standard InChI is InChI=1S/C19H20N2O4/c1-13(22)14-2-4-16(5-3-14)21-19(23)15-6-9-20-18(12-15)25-17-7-10-24-11-8-17/h2-6,9,12,17H,7-8,10-11H2,1H3,(H,21,23). The van der Waals surface area contributed by atoms with Crippen molar-refractivity contribution in [2.75, 3.05) is 18.5 Å². The maximum Gasteiger partial charge on any atom is 0.255 e. The summed E-state index contributed by atoms with van der Waals surface area (Å²) in [7, 11) is 0. The lowest BCUT2D eigenvalue weighted by molar-refractivity contribution is 0.0237. The lowest BCUT2D eigenvalue weighted by Crippen LogP contribution is -2.26. The van der Waals surface area contributed by atoms with Crippen molar-refractivity contribution in [3.63, 3.8) is 0 Å². The van der Waals surface area contributed by atoms with Gasteiger partial charge in [0, 0.05) is 41.9 Å². The van der Waals surface area contributed by atoms with Gasteiger partial charge >= 0.3 is 0 Å². The van der Waals surface area contributed by atoms with Gasteiger partial charge in [0.1, 0.15) is 6.10 Å². The summed E-state index contributed by atoms with van der Waals surface area (Å²) in [5, 5.41) is 2.80. The number of aromatic nitrogens is 1. The van der Waals surface area contributed by atoms with Crippen molar-refractivity contribution >= 4 is 17.4 Å². The molecule has 0 aliphatic carbocycles. The van der Waals surface area contributed by atoms with Gasteiger partial charge in [-0.1, -0.05) is 0 Å². The minimum atomic E-state index is -0.255. The molecule has 0 spiro atoms. The molecule has 6 nitrogen and oxygen atoms in total. The minimum Gasteiger partial charge on any atom is -0.474 e. The third kappa shape index (κ3) is 4.64. The molecule has 0 saturated carbocycles. The molecule has 0 atom stereocenters. The predicted octanol–water partition coefficient (Wildman–Crippen LogP) is 3.09. The number of ether oxygens (including phenoxy) is 2. The van der Waals surface area contributed by atoms with Crippen molar-refractivity contribution in [3.8, 4) is 5.88 Å². The minimum absolute atomic E-state index is 0.0121. The van der Waals surface area contributed by atoms with Crippen LogP contribution in [0.3, 0.4) is 0 Å². The second-order valence-corrected chi connectivity index (χ2v) is 5.90. The van der Waals surface area contributed by atoms with Gasteiger partial charge in [-0.15, -0.1) is 0 Å². The van der Waals surface area contributed by atoms with Gasteiger partial charge in [0.05, 0.1) is 13.2 Å². The second kappa shape index (κ2) is 7.90. The highest BCUT2D eigenvalue weighted by Crippen LogP contribution is 2.18. The van der Waals surface area contributed by atoms with E-state index in [2.05, 4.69) is 10.3 Å². The third-order valence-electron chi connectivity index (χ3n) is 4.00. The Morgan fingerprint density at radius 1 is 1.12 bits per heavy atom. The molecule has 1 aliphatic heterocycles. The summed E-state index contributed by atoms with van der Waals surface area (Å²) in [5.41, 5.74) is 1.69. The van der Waals surface area contributed by atoms with Crippen LogP contribution in [0.25, 0.3) is 0 Å². The average molecular weight is 340 g/mol. The molecular weight excluding hydrogens is 320 g/mol. The van der Waals surface area contributed by atoms with Crippen LogP contribution in [0.2, 0.25) is 0 Å². The molecule has 2 heterocycles. The number of carbonyl (C=O) groups is 2. The Morgan fingerprint density at radius 2 is 1.84 bits per heavy atom. The summed E-state index contributed by atoms with van der Waals surface area (Å²) in [6.45, 7) is 2.87. The smallest absolute Gasteiger partial charge is 0.255 e. The van der Waals surface area contributed by atoms with E-state index in [1.165, 1.54) is 6.92 Å². The van der Waals surface area contributed by atoms with Crippen LogP contribution in [-0.4, -0.2) is 36.0 Å². The van der Waals surface area contributed by atoms with Crippen LogP contribution in [0.4, 0.5) is 5.69 Å². The van der Waals surface area contributed by atoms with Crippen molar-refractivity contribution in [3.05, 3.63) is 53.7 Å². The molecule has 0 unspecified atom stereocenters. The molecule has 2 aromatic rings. The van der Waals surface area contributed by atoms with Crippen LogP contribution < -0.4 is 10.1 Å². The SMILES string of the molecule is CC(=O)c1ccc(NC(=O)c2ccnc(OC3CCOCC3)c2)cc1. The number of nitrogens with one attached hydrogen (secondary N) is 1. The fraction of sp³-hybridized carbons (Fsp3) is 0.316. The Kier molecular flexibility index (Phi) is 5.40. The van der Waals surface area contributed by atoms with E-state index in [1.54, 1.807) is 42.6 Å². The summed E-state index contributed by atoms with van der Waals surface area (Å²) < 4.78 is 11.1. The number of benzene rings is 1. The molecule has 130 valence electrons. The van der Waals surface area contributed by atoms with Crippen LogP contribution in [0, 0.1) is 0 Å². The van der Waals surface area contributed by atoms with Gasteiger partial charge in [0.25, 0.3) is 5.91 Å². The maximum absolute atomic E-state index is 12.4. The zero-order chi connectivity index (χ0) is 17.6. The van der Waals surface area contributed by atoms with Crippen molar-refractivity contribution in [1.82, 2.24) is 4.98 Å². The number of carbonyl (C=O) groups excluding carboxylic acids is 2. The Hall–Kier alpha value is -2.73. The third-order valence-corrected chi connectivity index (χ3v) is 4.00. The van der Waals surface area contributed by atoms with Crippen molar-refractivity contribution in [1.29, 1.82) is 0 Å². The molecule has 1 N–H and O–H groups in total. The van der Waals surface area contributed by atoms with E-state index in [9.17, 15) is 9.59 Å². The van der Waals surface area contributed by atoms with Crippen LogP contribution in [-0.2, 0) is 4.74 Å². The number of nitrogens with zero attached hydrogens (tertiary/aromatic N) is 1. The number of anilines is 1. The number of amides is 1. The number of hydrogen-bond donors (Lipinski definition) is 1. The molecule has 1 saturated heterocycles. The van der Waals surface area contributed by atoms with Crippen LogP contribution in [0.5, 0.6) is 5.88 Å². The molecule has 1 fully saturated rings. The molecule has 1 aromatic heterocycles. The largest absolute Gasteiger partial charge is 0.474 e. The first-order valence-corrected chi connectivity index (χ1v) is 8.24. The number of pyridine rings is 1. The summed E-state index contributed by atoms with van der Waals surface area (Å²) in [6, 6.07) is 10.0. The maximum atomic E-state index is 12.4. The first-order valence-electron chi connectivity index (χ1n) is 8.24. The van der Waals surface area contributed by atoms with E-state index in [4.69, 9.17) is 9.47 Å². The van der Waals surface area contributed by atoms with E-state index in [0.29, 0.717) is 35.9 Å². The predicted molar refractivity (Wildman–Crippen MR) is 93.1 cm³/mol. The second-order valence-electron chi connectivity index (χ2n) is 5.90. The van der Waals surface area contributed by atoms with Gasteiger partial charge in [0.15, 0.2) is 5.78 Å². The van der Waals surface area contributed by atoms with Crippen LogP contribution in [0.15, 0.2) is 42.6 Å². The van der Waals surface area contributed by atoms with Crippen LogP contribution >= 0.6 is 0 Å². The Morgan fingerprint density at radius 3 is 2.52 bits per heavy atom. The molecular formula is C19H20N2O4. The van der Waals surface area contributed by atoms with Crippen molar-refractivity contribution in [2.45, 2.75) is 25.9 Å². The summed E-state index contributed by atoms with van der Waals surface area (Å²) in [6.07, 6.45) is 3.27. The van der Waals surface area contributed by atoms with Gasteiger partial charge in [-0.2, -0.15) is 0 Å². The van der Waals surface area contributed by atoms with E-state index >= 15 is 0 Å². The normalized spacial score (nSPS) is 14.8. The fourth-order valence-electron chi connectivity index (χ4n) is 2.57. The van der Waals surface area contributed by atoms with Gasteiger partial charge in [-0.25, -0.2) is 4.98 Å². The molecule has 1 aromatic carbocycles. The fourth-order valence-corrected chi connectivity index (χ4v) is 2.57. The van der Waals surface area contributed by atoms with E-state index in [-0.39, 0.29) is 17.8 Å².